The number of rotatable bonds is 5. The summed E-state index contributed by atoms with van der Waals surface area (Å²) in [6.45, 7) is 0. The van der Waals surface area contributed by atoms with E-state index in [1.54, 1.807) is 0 Å². The van der Waals surface area contributed by atoms with Crippen molar-refractivity contribution in [3.63, 3.8) is 0 Å². The van der Waals surface area contributed by atoms with Crippen LogP contribution in [0.5, 0.6) is 0 Å². The van der Waals surface area contributed by atoms with Gasteiger partial charge in [-0.1, -0.05) is 115 Å². The summed E-state index contributed by atoms with van der Waals surface area (Å²) in [5.41, 5.74) is 12.6. The van der Waals surface area contributed by atoms with Crippen LogP contribution in [0.3, 0.4) is 0 Å². The lowest BCUT2D eigenvalue weighted by atomic mass is 9.99. The summed E-state index contributed by atoms with van der Waals surface area (Å²) in [6, 6.07) is 61.2. The molecule has 3 aromatic heterocycles. The van der Waals surface area contributed by atoms with Crippen LogP contribution in [0.1, 0.15) is 0 Å². The van der Waals surface area contributed by atoms with Crippen molar-refractivity contribution in [1.29, 1.82) is 0 Å². The van der Waals surface area contributed by atoms with Gasteiger partial charge in [0.1, 0.15) is 33.5 Å². The zero-order chi connectivity index (χ0) is 34.2. The number of fused-ring (bicyclic) bond motifs is 9. The summed E-state index contributed by atoms with van der Waals surface area (Å²) >= 11 is 0. The van der Waals surface area contributed by atoms with Gasteiger partial charge >= 0.3 is 0 Å². The van der Waals surface area contributed by atoms with Crippen LogP contribution in [0.25, 0.3) is 88.1 Å². The molecule has 4 nitrogen and oxygen atoms in total. The molecule has 0 N–H and O–H groups in total. The van der Waals surface area contributed by atoms with Crippen molar-refractivity contribution in [3.05, 3.63) is 176 Å². The second kappa shape index (κ2) is 11.2. The van der Waals surface area contributed by atoms with Crippen LogP contribution < -0.4 is 4.90 Å². The number of benzene rings is 8. The minimum absolute atomic E-state index is 0.844. The maximum atomic E-state index is 6.73. The van der Waals surface area contributed by atoms with Gasteiger partial charge in [-0.25, -0.2) is 0 Å². The lowest BCUT2D eigenvalue weighted by Gasteiger charge is -2.27. The highest BCUT2D eigenvalue weighted by Crippen LogP contribution is 2.48. The van der Waals surface area contributed by atoms with Gasteiger partial charge in [0.15, 0.2) is 0 Å². The number of hydrogen-bond acceptors (Lipinski definition) is 4. The molecular weight excluding hydrogens is 639 g/mol. The Kier molecular flexibility index (Phi) is 6.22. The van der Waals surface area contributed by atoms with E-state index in [4.69, 9.17) is 13.3 Å². The predicted octanol–water partition coefficient (Wildman–Crippen LogP) is 14.2. The molecule has 3 heterocycles. The standard InChI is InChI=1S/C48H29NO3/c1-3-12-30(13-4-1)34-18-11-19-37-40-29-33(23-27-45(40)51-47(34)37)49(32-22-26-44-39(28-32)36-16-7-9-20-42(36)50-44)41-25-24-35(31-14-5-2-6-15-31)48-46(41)38-17-8-10-21-43(38)52-48/h1-29H. The van der Waals surface area contributed by atoms with Crippen LogP contribution in [0.4, 0.5) is 17.1 Å². The van der Waals surface area contributed by atoms with Gasteiger partial charge < -0.3 is 18.2 Å². The Morgan fingerprint density at radius 2 is 0.846 bits per heavy atom. The van der Waals surface area contributed by atoms with Crippen molar-refractivity contribution in [3.8, 4) is 22.3 Å². The van der Waals surface area contributed by atoms with E-state index in [1.807, 2.05) is 30.3 Å². The Morgan fingerprint density at radius 3 is 1.56 bits per heavy atom. The minimum atomic E-state index is 0.844. The molecule has 0 fully saturated rings. The highest BCUT2D eigenvalue weighted by atomic mass is 16.3. The summed E-state index contributed by atoms with van der Waals surface area (Å²) in [4.78, 5) is 2.35. The fourth-order valence-corrected chi connectivity index (χ4v) is 7.89. The van der Waals surface area contributed by atoms with Gasteiger partial charge in [0.2, 0.25) is 0 Å². The highest BCUT2D eigenvalue weighted by Gasteiger charge is 2.24. The molecule has 0 spiro atoms. The molecule has 0 aliphatic rings. The molecule has 11 rings (SSSR count). The number of para-hydroxylation sites is 3. The molecular formula is C48H29NO3. The highest BCUT2D eigenvalue weighted by molar-refractivity contribution is 6.18. The maximum Gasteiger partial charge on any atom is 0.145 e. The molecule has 8 aromatic carbocycles. The third-order valence-corrected chi connectivity index (χ3v) is 10.3. The molecule has 52 heavy (non-hydrogen) atoms. The maximum absolute atomic E-state index is 6.73. The largest absolute Gasteiger partial charge is 0.456 e. The van der Waals surface area contributed by atoms with Crippen LogP contribution >= 0.6 is 0 Å². The Hall–Kier alpha value is -7.04. The third kappa shape index (κ3) is 4.34. The van der Waals surface area contributed by atoms with Crippen molar-refractivity contribution >= 4 is 82.9 Å². The molecule has 4 heteroatoms. The van der Waals surface area contributed by atoms with Crippen LogP contribution in [0.15, 0.2) is 189 Å². The number of nitrogens with zero attached hydrogens (tertiary/aromatic N) is 1. The van der Waals surface area contributed by atoms with Crippen molar-refractivity contribution < 1.29 is 13.3 Å². The fraction of sp³-hybridized carbons (Fsp3) is 0. The van der Waals surface area contributed by atoms with Crippen molar-refractivity contribution in [2.45, 2.75) is 0 Å². The zero-order valence-corrected chi connectivity index (χ0v) is 27.9. The van der Waals surface area contributed by atoms with Gasteiger partial charge in [0.05, 0.1) is 11.1 Å². The Labute approximate surface area is 298 Å². The Morgan fingerprint density at radius 1 is 0.327 bits per heavy atom. The number of anilines is 3. The van der Waals surface area contributed by atoms with E-state index in [-0.39, 0.29) is 0 Å². The van der Waals surface area contributed by atoms with Gasteiger partial charge in [0, 0.05) is 49.4 Å². The van der Waals surface area contributed by atoms with Crippen LogP contribution in [0, 0.1) is 0 Å². The topological polar surface area (TPSA) is 42.7 Å². The third-order valence-electron chi connectivity index (χ3n) is 10.3. The first kappa shape index (κ1) is 28.8. The molecule has 0 radical (unpaired) electrons. The molecule has 11 aromatic rings. The van der Waals surface area contributed by atoms with Gasteiger partial charge in [0.25, 0.3) is 0 Å². The molecule has 0 amide bonds. The average Bonchev–Trinajstić information content (AvgIpc) is 3.90. The lowest BCUT2D eigenvalue weighted by Crippen LogP contribution is -2.10. The van der Waals surface area contributed by atoms with E-state index in [9.17, 15) is 0 Å². The first-order valence-electron chi connectivity index (χ1n) is 17.5. The van der Waals surface area contributed by atoms with Gasteiger partial charge in [-0.05, 0) is 71.8 Å². The minimum Gasteiger partial charge on any atom is -0.456 e. The number of hydrogen-bond donors (Lipinski definition) is 0. The monoisotopic (exact) mass is 667 g/mol. The Bertz CT molecular complexity index is 3130. The second-order valence-corrected chi connectivity index (χ2v) is 13.2. The Balaban J connectivity index is 1.21. The summed E-state index contributed by atoms with van der Waals surface area (Å²) in [5.74, 6) is 0. The first-order valence-corrected chi connectivity index (χ1v) is 17.5. The first-order chi connectivity index (χ1) is 25.8. The summed E-state index contributed by atoms with van der Waals surface area (Å²) in [6.07, 6.45) is 0. The SMILES string of the molecule is c1ccc(-c2cccc3c2oc2ccc(N(c4ccc5oc6ccccc6c5c4)c4ccc(-c5ccccc5)c5oc6ccccc6c45)cc23)cc1. The predicted molar refractivity (Wildman–Crippen MR) is 214 cm³/mol. The summed E-state index contributed by atoms with van der Waals surface area (Å²) in [7, 11) is 0. The van der Waals surface area contributed by atoms with E-state index in [2.05, 4.69) is 150 Å². The quantitative estimate of drug-likeness (QED) is 0.183. The van der Waals surface area contributed by atoms with E-state index in [0.717, 1.165) is 105 Å². The molecule has 0 saturated carbocycles. The van der Waals surface area contributed by atoms with Crippen LogP contribution in [0.2, 0.25) is 0 Å². The normalized spacial score (nSPS) is 11.8. The van der Waals surface area contributed by atoms with E-state index in [1.165, 1.54) is 0 Å². The van der Waals surface area contributed by atoms with E-state index < -0.39 is 0 Å². The molecule has 0 bridgehead atoms. The van der Waals surface area contributed by atoms with Crippen LogP contribution in [-0.2, 0) is 0 Å². The molecule has 0 aliphatic heterocycles. The zero-order valence-electron chi connectivity index (χ0n) is 27.9. The molecule has 0 aliphatic carbocycles. The van der Waals surface area contributed by atoms with Gasteiger partial charge in [-0.3, -0.25) is 0 Å². The number of furan rings is 3. The average molecular weight is 668 g/mol. The lowest BCUT2D eigenvalue weighted by molar-refractivity contribution is 0.668. The van der Waals surface area contributed by atoms with Crippen molar-refractivity contribution in [1.82, 2.24) is 0 Å². The fourth-order valence-electron chi connectivity index (χ4n) is 7.89. The van der Waals surface area contributed by atoms with Crippen LogP contribution in [-0.4, -0.2) is 0 Å². The van der Waals surface area contributed by atoms with Crippen molar-refractivity contribution in [2.24, 2.45) is 0 Å². The van der Waals surface area contributed by atoms with Gasteiger partial charge in [-0.2, -0.15) is 0 Å². The summed E-state index contributed by atoms with van der Waals surface area (Å²) < 4.78 is 19.6. The summed E-state index contributed by atoms with van der Waals surface area (Å²) in [5, 5.41) is 6.40. The van der Waals surface area contributed by atoms with E-state index in [0.29, 0.717) is 0 Å². The van der Waals surface area contributed by atoms with E-state index >= 15 is 0 Å². The molecule has 0 saturated heterocycles. The molecule has 244 valence electrons. The van der Waals surface area contributed by atoms with Crippen molar-refractivity contribution in [2.75, 3.05) is 4.90 Å². The second-order valence-electron chi connectivity index (χ2n) is 13.2. The molecule has 0 unspecified atom stereocenters. The molecule has 0 atom stereocenters. The van der Waals surface area contributed by atoms with Gasteiger partial charge in [-0.15, -0.1) is 0 Å². The smallest absolute Gasteiger partial charge is 0.145 e.